The molecule has 2 aromatic rings. The maximum atomic E-state index is 12.9. The number of benzene rings is 2. The second-order valence-corrected chi connectivity index (χ2v) is 6.70. The van der Waals surface area contributed by atoms with Gasteiger partial charge in [-0.1, -0.05) is 42.5 Å². The monoisotopic (exact) mass is 366 g/mol. The summed E-state index contributed by atoms with van der Waals surface area (Å²) in [5.74, 6) is 0.590. The summed E-state index contributed by atoms with van der Waals surface area (Å²) in [6.07, 6.45) is 2.27. The first kappa shape index (κ1) is 19.0. The van der Waals surface area contributed by atoms with Gasteiger partial charge in [0.25, 0.3) is 0 Å². The number of rotatable bonds is 7. The summed E-state index contributed by atoms with van der Waals surface area (Å²) in [7, 11) is 0. The fourth-order valence-corrected chi connectivity index (χ4v) is 3.32. The average Bonchev–Trinajstić information content (AvgIpc) is 3.23. The number of ether oxygens (including phenoxy) is 1. The highest BCUT2D eigenvalue weighted by molar-refractivity contribution is 5.89. The van der Waals surface area contributed by atoms with Gasteiger partial charge in [-0.05, 0) is 43.0 Å². The smallest absolute Gasteiger partial charge is 0.249 e. The molecule has 1 aliphatic rings. The zero-order chi connectivity index (χ0) is 19.1. The molecule has 0 aromatic heterocycles. The first-order valence-corrected chi connectivity index (χ1v) is 9.52. The van der Waals surface area contributed by atoms with Crippen LogP contribution in [0.3, 0.4) is 0 Å². The molecule has 1 N–H and O–H groups in total. The van der Waals surface area contributed by atoms with Gasteiger partial charge < -0.3 is 15.0 Å². The van der Waals surface area contributed by atoms with Crippen LogP contribution in [0.2, 0.25) is 0 Å². The summed E-state index contributed by atoms with van der Waals surface area (Å²) in [5.41, 5.74) is 1.70. The van der Waals surface area contributed by atoms with Crippen LogP contribution in [0.15, 0.2) is 54.6 Å². The zero-order valence-corrected chi connectivity index (χ0v) is 15.7. The molecule has 0 aliphatic carbocycles. The number of carbonyl (C=O) groups is 2. The molecule has 2 aromatic carbocycles. The Labute approximate surface area is 160 Å². The molecule has 2 amide bonds. The minimum atomic E-state index is -0.639. The van der Waals surface area contributed by atoms with Crippen molar-refractivity contribution in [3.8, 4) is 5.75 Å². The Hall–Kier alpha value is -2.82. The van der Waals surface area contributed by atoms with Crippen molar-refractivity contribution in [1.29, 1.82) is 0 Å². The van der Waals surface area contributed by atoms with E-state index in [4.69, 9.17) is 4.74 Å². The number of amides is 2. The van der Waals surface area contributed by atoms with Crippen LogP contribution in [0.5, 0.6) is 5.75 Å². The first-order chi connectivity index (χ1) is 13.2. The van der Waals surface area contributed by atoms with E-state index < -0.39 is 6.04 Å². The van der Waals surface area contributed by atoms with E-state index in [0.29, 0.717) is 6.61 Å². The standard InChI is InChI=1S/C22H26N2O3/c1-2-27-19-12-10-17(11-13-19)16-20(25)23-21(18-8-4-3-5-9-18)22(26)24-14-6-7-15-24/h3-5,8-13,21H,2,6-7,14-16H2,1H3,(H,23,25)/t21-/m0/s1. The van der Waals surface area contributed by atoms with Crippen molar-refractivity contribution >= 4 is 11.8 Å². The lowest BCUT2D eigenvalue weighted by atomic mass is 10.0. The van der Waals surface area contributed by atoms with Gasteiger partial charge in [0.05, 0.1) is 13.0 Å². The number of hydrogen-bond donors (Lipinski definition) is 1. The number of likely N-dealkylation sites (tertiary alicyclic amines) is 1. The average molecular weight is 366 g/mol. The molecule has 0 unspecified atom stereocenters. The quantitative estimate of drug-likeness (QED) is 0.819. The minimum Gasteiger partial charge on any atom is -0.494 e. The van der Waals surface area contributed by atoms with Gasteiger partial charge in [0.1, 0.15) is 11.8 Å². The third-order valence-corrected chi connectivity index (χ3v) is 4.70. The van der Waals surface area contributed by atoms with Crippen molar-refractivity contribution in [1.82, 2.24) is 10.2 Å². The number of hydrogen-bond acceptors (Lipinski definition) is 3. The predicted molar refractivity (Wildman–Crippen MR) is 104 cm³/mol. The minimum absolute atomic E-state index is 0.0289. The lowest BCUT2D eigenvalue weighted by molar-refractivity contribution is -0.135. The molecule has 0 spiro atoms. The molecule has 27 heavy (non-hydrogen) atoms. The highest BCUT2D eigenvalue weighted by atomic mass is 16.5. The van der Waals surface area contributed by atoms with Gasteiger partial charge >= 0.3 is 0 Å². The van der Waals surface area contributed by atoms with E-state index in [1.807, 2.05) is 66.4 Å². The van der Waals surface area contributed by atoms with Crippen molar-refractivity contribution in [3.05, 3.63) is 65.7 Å². The Balaban J connectivity index is 1.69. The van der Waals surface area contributed by atoms with Crippen LogP contribution in [0.25, 0.3) is 0 Å². The van der Waals surface area contributed by atoms with Gasteiger partial charge in [-0.15, -0.1) is 0 Å². The molecular weight excluding hydrogens is 340 g/mol. The highest BCUT2D eigenvalue weighted by Crippen LogP contribution is 2.20. The van der Waals surface area contributed by atoms with E-state index in [-0.39, 0.29) is 18.2 Å². The molecule has 0 bridgehead atoms. The van der Waals surface area contributed by atoms with Crippen LogP contribution in [0.1, 0.15) is 36.9 Å². The molecule has 5 nitrogen and oxygen atoms in total. The molecule has 3 rings (SSSR count). The van der Waals surface area contributed by atoms with E-state index >= 15 is 0 Å². The maximum absolute atomic E-state index is 12.9. The fraction of sp³-hybridized carbons (Fsp3) is 0.364. The Morgan fingerprint density at radius 1 is 1.04 bits per heavy atom. The lowest BCUT2D eigenvalue weighted by Crippen LogP contribution is -2.42. The summed E-state index contributed by atoms with van der Waals surface area (Å²) in [4.78, 5) is 27.4. The highest BCUT2D eigenvalue weighted by Gasteiger charge is 2.28. The van der Waals surface area contributed by atoms with Crippen molar-refractivity contribution in [2.75, 3.05) is 19.7 Å². The van der Waals surface area contributed by atoms with Crippen LogP contribution in [-0.4, -0.2) is 36.4 Å². The molecule has 0 radical (unpaired) electrons. The van der Waals surface area contributed by atoms with Crippen molar-refractivity contribution < 1.29 is 14.3 Å². The van der Waals surface area contributed by atoms with Crippen LogP contribution in [0.4, 0.5) is 0 Å². The summed E-state index contributed by atoms with van der Waals surface area (Å²) >= 11 is 0. The SMILES string of the molecule is CCOc1ccc(CC(=O)N[C@H](C(=O)N2CCCC2)c2ccccc2)cc1. The molecule has 5 heteroatoms. The molecule has 1 atom stereocenters. The largest absolute Gasteiger partial charge is 0.494 e. The second-order valence-electron chi connectivity index (χ2n) is 6.70. The summed E-state index contributed by atoms with van der Waals surface area (Å²) in [6.45, 7) is 4.06. The second kappa shape index (κ2) is 9.21. The number of nitrogens with zero attached hydrogens (tertiary/aromatic N) is 1. The Morgan fingerprint density at radius 3 is 2.33 bits per heavy atom. The normalized spacial score (nSPS) is 14.6. The van der Waals surface area contributed by atoms with Crippen LogP contribution < -0.4 is 10.1 Å². The Bertz CT molecular complexity index is 753. The van der Waals surface area contributed by atoms with E-state index in [0.717, 1.165) is 42.8 Å². The predicted octanol–water partition coefficient (Wildman–Crippen LogP) is 3.11. The number of nitrogens with one attached hydrogen (secondary N) is 1. The van der Waals surface area contributed by atoms with Crippen molar-refractivity contribution in [3.63, 3.8) is 0 Å². The molecule has 1 heterocycles. The third-order valence-electron chi connectivity index (χ3n) is 4.70. The van der Waals surface area contributed by atoms with Crippen molar-refractivity contribution in [2.24, 2.45) is 0 Å². The van der Waals surface area contributed by atoms with Crippen LogP contribution in [0, 0.1) is 0 Å². The van der Waals surface area contributed by atoms with E-state index in [9.17, 15) is 9.59 Å². The van der Waals surface area contributed by atoms with Gasteiger partial charge in [0, 0.05) is 13.1 Å². The molecule has 1 fully saturated rings. The van der Waals surface area contributed by atoms with Gasteiger partial charge in [-0.3, -0.25) is 9.59 Å². The lowest BCUT2D eigenvalue weighted by Gasteiger charge is -2.24. The Morgan fingerprint density at radius 2 is 1.70 bits per heavy atom. The first-order valence-electron chi connectivity index (χ1n) is 9.52. The fourth-order valence-electron chi connectivity index (χ4n) is 3.32. The van der Waals surface area contributed by atoms with Gasteiger partial charge in [0.15, 0.2) is 0 Å². The molecule has 142 valence electrons. The topological polar surface area (TPSA) is 58.6 Å². The van der Waals surface area contributed by atoms with E-state index in [1.54, 1.807) is 0 Å². The van der Waals surface area contributed by atoms with E-state index in [2.05, 4.69) is 5.32 Å². The molecule has 0 saturated carbocycles. The molecular formula is C22H26N2O3. The van der Waals surface area contributed by atoms with Gasteiger partial charge in [-0.2, -0.15) is 0 Å². The number of carbonyl (C=O) groups excluding carboxylic acids is 2. The van der Waals surface area contributed by atoms with Gasteiger partial charge in [0.2, 0.25) is 11.8 Å². The summed E-state index contributed by atoms with van der Waals surface area (Å²) in [6, 6.07) is 16.3. The summed E-state index contributed by atoms with van der Waals surface area (Å²) < 4.78 is 5.43. The molecule has 1 aliphatic heterocycles. The van der Waals surface area contributed by atoms with Crippen LogP contribution >= 0.6 is 0 Å². The van der Waals surface area contributed by atoms with Crippen LogP contribution in [-0.2, 0) is 16.0 Å². The Kier molecular flexibility index (Phi) is 6.47. The maximum Gasteiger partial charge on any atom is 0.249 e. The summed E-state index contributed by atoms with van der Waals surface area (Å²) in [5, 5.41) is 2.94. The van der Waals surface area contributed by atoms with Gasteiger partial charge in [-0.25, -0.2) is 0 Å². The zero-order valence-electron chi connectivity index (χ0n) is 15.7. The van der Waals surface area contributed by atoms with Crippen molar-refractivity contribution in [2.45, 2.75) is 32.2 Å². The third kappa shape index (κ3) is 5.09. The van der Waals surface area contributed by atoms with E-state index in [1.165, 1.54) is 0 Å². The molecule has 1 saturated heterocycles.